The highest BCUT2D eigenvalue weighted by molar-refractivity contribution is 5.83. The summed E-state index contributed by atoms with van der Waals surface area (Å²) in [6, 6.07) is -1.03. The second-order valence-electron chi connectivity index (χ2n) is 4.47. The van der Waals surface area contributed by atoms with E-state index < -0.39 is 6.04 Å². The molecule has 0 aliphatic rings. The number of aliphatic hydroxyl groups excluding tert-OH is 1. The van der Waals surface area contributed by atoms with E-state index in [4.69, 9.17) is 10.8 Å². The highest BCUT2D eigenvalue weighted by Crippen LogP contribution is 2.10. The van der Waals surface area contributed by atoms with Gasteiger partial charge in [-0.25, -0.2) is 0 Å². The third-order valence-electron chi connectivity index (χ3n) is 2.70. The molecule has 0 saturated carbocycles. The van der Waals surface area contributed by atoms with Crippen LogP contribution in [0, 0.1) is 5.92 Å². The Kier molecular flexibility index (Phi) is 4.65. The lowest BCUT2D eigenvalue weighted by atomic mass is 10.0. The molecule has 6 nitrogen and oxygen atoms in total. The van der Waals surface area contributed by atoms with Crippen molar-refractivity contribution in [2.24, 2.45) is 18.7 Å². The number of hydrogen-bond acceptors (Lipinski definition) is 4. The molecule has 4 N–H and O–H groups in total. The smallest absolute Gasteiger partial charge is 0.241 e. The van der Waals surface area contributed by atoms with E-state index in [-0.39, 0.29) is 24.5 Å². The summed E-state index contributed by atoms with van der Waals surface area (Å²) >= 11 is 0. The van der Waals surface area contributed by atoms with Crippen LogP contribution < -0.4 is 11.1 Å². The third-order valence-corrected chi connectivity index (χ3v) is 2.70. The Morgan fingerprint density at radius 2 is 2.29 bits per heavy atom. The number of aliphatic hydroxyl groups is 1. The average Bonchev–Trinajstić information content (AvgIpc) is 2.70. The summed E-state index contributed by atoms with van der Waals surface area (Å²) in [6.45, 7) is 3.76. The van der Waals surface area contributed by atoms with Gasteiger partial charge < -0.3 is 16.2 Å². The monoisotopic (exact) mass is 240 g/mol. The van der Waals surface area contributed by atoms with Gasteiger partial charge >= 0.3 is 0 Å². The minimum Gasteiger partial charge on any atom is -0.394 e. The lowest BCUT2D eigenvalue weighted by Crippen LogP contribution is -2.45. The van der Waals surface area contributed by atoms with Crippen molar-refractivity contribution in [3.63, 3.8) is 0 Å². The van der Waals surface area contributed by atoms with E-state index in [1.807, 2.05) is 13.8 Å². The summed E-state index contributed by atoms with van der Waals surface area (Å²) in [5, 5.41) is 15.8. The van der Waals surface area contributed by atoms with Crippen molar-refractivity contribution in [2.75, 3.05) is 6.61 Å². The number of aryl methyl sites for hydroxylation is 1. The maximum absolute atomic E-state index is 11.8. The Bertz CT molecular complexity index is 375. The van der Waals surface area contributed by atoms with Crippen LogP contribution in [-0.4, -0.2) is 33.4 Å². The van der Waals surface area contributed by atoms with Crippen LogP contribution in [0.2, 0.25) is 0 Å². The predicted octanol–water partition coefficient (Wildman–Crippen LogP) is -0.447. The van der Waals surface area contributed by atoms with Gasteiger partial charge in [-0.15, -0.1) is 0 Å². The third kappa shape index (κ3) is 3.54. The lowest BCUT2D eigenvalue weighted by molar-refractivity contribution is -0.123. The number of aromatic nitrogens is 2. The zero-order chi connectivity index (χ0) is 13.0. The van der Waals surface area contributed by atoms with E-state index in [2.05, 4.69) is 10.4 Å². The summed E-state index contributed by atoms with van der Waals surface area (Å²) in [4.78, 5) is 11.8. The van der Waals surface area contributed by atoms with Crippen molar-refractivity contribution < 1.29 is 9.90 Å². The van der Waals surface area contributed by atoms with Gasteiger partial charge in [-0.1, -0.05) is 13.8 Å². The summed E-state index contributed by atoms with van der Waals surface area (Å²) < 4.78 is 1.59. The molecule has 1 amide bonds. The number of carbonyl (C=O) groups is 1. The molecule has 96 valence electrons. The van der Waals surface area contributed by atoms with Crippen molar-refractivity contribution in [3.05, 3.63) is 18.0 Å². The zero-order valence-electron chi connectivity index (χ0n) is 10.4. The lowest BCUT2D eigenvalue weighted by Gasteiger charge is -2.21. The molecule has 2 atom stereocenters. The van der Waals surface area contributed by atoms with Crippen LogP contribution in [0.25, 0.3) is 0 Å². The van der Waals surface area contributed by atoms with E-state index in [1.54, 1.807) is 24.1 Å². The molecule has 0 saturated heterocycles. The molecule has 17 heavy (non-hydrogen) atoms. The minimum atomic E-state index is -0.753. The molecule has 0 radical (unpaired) electrons. The molecule has 0 aliphatic carbocycles. The molecule has 0 spiro atoms. The molecule has 1 rings (SSSR count). The van der Waals surface area contributed by atoms with E-state index in [0.29, 0.717) is 5.56 Å². The molecule has 1 aromatic heterocycles. The second-order valence-corrected chi connectivity index (χ2v) is 4.47. The van der Waals surface area contributed by atoms with Gasteiger partial charge in [0.05, 0.1) is 18.8 Å². The fourth-order valence-electron chi connectivity index (χ4n) is 1.45. The fourth-order valence-corrected chi connectivity index (χ4v) is 1.45. The van der Waals surface area contributed by atoms with Crippen LogP contribution in [0.3, 0.4) is 0 Å². The van der Waals surface area contributed by atoms with Gasteiger partial charge in [0.15, 0.2) is 0 Å². The Morgan fingerprint density at radius 3 is 2.71 bits per heavy atom. The van der Waals surface area contributed by atoms with Crippen LogP contribution >= 0.6 is 0 Å². The van der Waals surface area contributed by atoms with Crippen molar-refractivity contribution >= 4 is 5.91 Å². The van der Waals surface area contributed by atoms with E-state index >= 15 is 0 Å². The molecule has 0 aromatic carbocycles. The topological polar surface area (TPSA) is 93.2 Å². The SMILES string of the molecule is CC(C)[C@@H](CO)NC(=O)C(N)c1cnn(C)c1. The van der Waals surface area contributed by atoms with Gasteiger partial charge in [0.1, 0.15) is 6.04 Å². The van der Waals surface area contributed by atoms with Crippen molar-refractivity contribution in [1.82, 2.24) is 15.1 Å². The number of amides is 1. The molecule has 6 heteroatoms. The number of hydrogen-bond donors (Lipinski definition) is 3. The zero-order valence-corrected chi connectivity index (χ0v) is 10.4. The van der Waals surface area contributed by atoms with Crippen LogP contribution in [-0.2, 0) is 11.8 Å². The molecular formula is C11H20N4O2. The number of rotatable bonds is 5. The number of carbonyl (C=O) groups excluding carboxylic acids is 1. The van der Waals surface area contributed by atoms with Gasteiger partial charge in [0.2, 0.25) is 5.91 Å². The molecule has 0 bridgehead atoms. The Labute approximate surface area is 101 Å². The maximum atomic E-state index is 11.8. The van der Waals surface area contributed by atoms with Crippen LogP contribution in [0.1, 0.15) is 25.5 Å². The number of nitrogens with zero attached hydrogens (tertiary/aromatic N) is 2. The van der Waals surface area contributed by atoms with Crippen molar-refractivity contribution in [3.8, 4) is 0 Å². The Morgan fingerprint density at radius 1 is 1.65 bits per heavy atom. The first-order valence-corrected chi connectivity index (χ1v) is 5.61. The predicted molar refractivity (Wildman–Crippen MR) is 64.0 cm³/mol. The first-order chi connectivity index (χ1) is 7.95. The molecule has 0 fully saturated rings. The molecule has 0 aliphatic heterocycles. The summed E-state index contributed by atoms with van der Waals surface area (Å²) in [5.74, 6) is -0.143. The molecule has 1 unspecified atom stereocenters. The fraction of sp³-hybridized carbons (Fsp3) is 0.636. The summed E-state index contributed by atoms with van der Waals surface area (Å²) in [7, 11) is 1.76. The summed E-state index contributed by atoms with van der Waals surface area (Å²) in [6.07, 6.45) is 3.27. The normalized spacial score (nSPS) is 14.7. The van der Waals surface area contributed by atoms with Gasteiger partial charge in [0.25, 0.3) is 0 Å². The molecule has 1 aromatic rings. The summed E-state index contributed by atoms with van der Waals surface area (Å²) in [5.41, 5.74) is 6.47. The second kappa shape index (κ2) is 5.79. The van der Waals surface area contributed by atoms with Gasteiger partial charge in [-0.3, -0.25) is 9.48 Å². The number of nitrogens with one attached hydrogen (secondary N) is 1. The van der Waals surface area contributed by atoms with E-state index in [9.17, 15) is 4.79 Å². The minimum absolute atomic E-state index is 0.0941. The van der Waals surface area contributed by atoms with Gasteiger partial charge in [-0.05, 0) is 5.92 Å². The number of nitrogens with two attached hydrogens (primary N) is 1. The largest absolute Gasteiger partial charge is 0.394 e. The van der Waals surface area contributed by atoms with E-state index in [1.165, 1.54) is 0 Å². The first kappa shape index (κ1) is 13.7. The van der Waals surface area contributed by atoms with Crippen LogP contribution in [0.5, 0.6) is 0 Å². The van der Waals surface area contributed by atoms with Gasteiger partial charge in [0, 0.05) is 18.8 Å². The average molecular weight is 240 g/mol. The maximum Gasteiger partial charge on any atom is 0.241 e. The van der Waals surface area contributed by atoms with E-state index in [0.717, 1.165) is 0 Å². The highest BCUT2D eigenvalue weighted by atomic mass is 16.3. The standard InChI is InChI=1S/C11H20N4O2/c1-7(2)9(6-16)14-11(17)10(12)8-4-13-15(3)5-8/h4-5,7,9-10,16H,6,12H2,1-3H3,(H,14,17)/t9-,10?/m1/s1. The molecular weight excluding hydrogens is 220 g/mol. The van der Waals surface area contributed by atoms with Gasteiger partial charge in [-0.2, -0.15) is 5.10 Å². The highest BCUT2D eigenvalue weighted by Gasteiger charge is 2.21. The van der Waals surface area contributed by atoms with Crippen molar-refractivity contribution in [2.45, 2.75) is 25.9 Å². The van der Waals surface area contributed by atoms with Crippen LogP contribution in [0.4, 0.5) is 0 Å². The van der Waals surface area contributed by atoms with Crippen LogP contribution in [0.15, 0.2) is 12.4 Å². The Hall–Kier alpha value is -1.40. The molecule has 1 heterocycles. The quantitative estimate of drug-likeness (QED) is 0.650. The van der Waals surface area contributed by atoms with Crippen molar-refractivity contribution in [1.29, 1.82) is 0 Å². The first-order valence-electron chi connectivity index (χ1n) is 5.61. The Balaban J connectivity index is 2.64.